The maximum Gasteiger partial charge on any atom is 0.209 e. The fourth-order valence-corrected chi connectivity index (χ4v) is 1.42. The van der Waals surface area contributed by atoms with Gasteiger partial charge in [0.15, 0.2) is 0 Å². The molecule has 0 saturated heterocycles. The first-order valence-corrected chi connectivity index (χ1v) is 6.39. The lowest BCUT2D eigenvalue weighted by molar-refractivity contribution is -0.319. The number of unbranched alkanes of at least 4 members (excludes halogenated alkanes) is 4. The maximum absolute atomic E-state index is 8.84. The van der Waals surface area contributed by atoms with Gasteiger partial charge in [0, 0.05) is 6.42 Å². The van der Waals surface area contributed by atoms with Crippen LogP contribution in [0.15, 0.2) is 10.2 Å². The summed E-state index contributed by atoms with van der Waals surface area (Å²) in [6.07, 6.45) is 7.44. The summed E-state index contributed by atoms with van der Waals surface area (Å²) >= 11 is 0. The first-order valence-electron chi connectivity index (χ1n) is 6.39. The van der Waals surface area contributed by atoms with E-state index >= 15 is 0 Å². The summed E-state index contributed by atoms with van der Waals surface area (Å²) in [6.45, 7) is 6.77. The summed E-state index contributed by atoms with van der Waals surface area (Å²) in [5.74, 6) is 0. The van der Waals surface area contributed by atoms with Crippen molar-refractivity contribution in [1.82, 2.24) is 0 Å². The number of hydrogen-bond donors (Lipinski definition) is 1. The van der Waals surface area contributed by atoms with E-state index in [1.54, 1.807) is 6.92 Å². The first kappa shape index (κ1) is 15.5. The highest BCUT2D eigenvalue weighted by atomic mass is 17.1. The molecule has 0 spiro atoms. The molecule has 1 unspecified atom stereocenters. The highest BCUT2D eigenvalue weighted by molar-refractivity contribution is 4.68. The largest absolute Gasteiger partial charge is 0.249 e. The number of azo groups is 1. The van der Waals surface area contributed by atoms with Gasteiger partial charge in [0.2, 0.25) is 5.72 Å². The predicted molar refractivity (Wildman–Crippen MR) is 65.5 cm³/mol. The Morgan fingerprint density at radius 2 is 1.75 bits per heavy atom. The van der Waals surface area contributed by atoms with Gasteiger partial charge in [-0.3, -0.25) is 0 Å². The molecule has 0 amide bonds. The Morgan fingerprint density at radius 3 is 2.31 bits per heavy atom. The molecule has 0 saturated carbocycles. The van der Waals surface area contributed by atoms with Gasteiger partial charge in [-0.25, -0.2) is 10.1 Å². The molecule has 0 aliphatic rings. The molecule has 0 aromatic rings. The van der Waals surface area contributed by atoms with E-state index in [2.05, 4.69) is 29.0 Å². The van der Waals surface area contributed by atoms with Crippen LogP contribution < -0.4 is 0 Å². The number of nitrogens with zero attached hydrogens (tertiary/aromatic N) is 2. The molecule has 0 heterocycles. The second kappa shape index (κ2) is 9.73. The molecule has 0 rings (SSSR count). The molecular weight excluding hydrogens is 204 g/mol. The lowest BCUT2D eigenvalue weighted by Crippen LogP contribution is -2.24. The van der Waals surface area contributed by atoms with Crippen LogP contribution in [0.5, 0.6) is 0 Å². The topological polar surface area (TPSA) is 54.2 Å². The van der Waals surface area contributed by atoms with Gasteiger partial charge in [0.25, 0.3) is 0 Å². The van der Waals surface area contributed by atoms with Gasteiger partial charge in [0.05, 0.1) is 6.54 Å². The molecule has 96 valence electrons. The predicted octanol–water partition coefficient (Wildman–Crippen LogP) is 4.41. The van der Waals surface area contributed by atoms with Gasteiger partial charge in [-0.05, 0) is 19.8 Å². The average Bonchev–Trinajstić information content (AvgIpc) is 2.31. The van der Waals surface area contributed by atoms with Crippen LogP contribution in [0.2, 0.25) is 0 Å². The molecule has 0 aromatic heterocycles. The molecule has 4 nitrogen and oxygen atoms in total. The van der Waals surface area contributed by atoms with Crippen LogP contribution in [0.4, 0.5) is 0 Å². The number of hydrogen-bond acceptors (Lipinski definition) is 4. The van der Waals surface area contributed by atoms with Gasteiger partial charge in [0.1, 0.15) is 0 Å². The van der Waals surface area contributed by atoms with Crippen molar-refractivity contribution in [3.63, 3.8) is 0 Å². The Morgan fingerprint density at radius 1 is 1.06 bits per heavy atom. The summed E-state index contributed by atoms with van der Waals surface area (Å²) < 4.78 is 0. The van der Waals surface area contributed by atoms with Gasteiger partial charge < -0.3 is 0 Å². The number of rotatable bonds is 10. The lowest BCUT2D eigenvalue weighted by atomic mass is 10.1. The molecule has 0 bridgehead atoms. The summed E-state index contributed by atoms with van der Waals surface area (Å²) in [7, 11) is 0. The average molecular weight is 230 g/mol. The van der Waals surface area contributed by atoms with Crippen molar-refractivity contribution >= 4 is 0 Å². The molecule has 0 radical (unpaired) electrons. The summed E-state index contributed by atoms with van der Waals surface area (Å²) in [5, 5.41) is 16.9. The Hall–Kier alpha value is -0.480. The van der Waals surface area contributed by atoms with Crippen LogP contribution in [-0.4, -0.2) is 17.5 Å². The van der Waals surface area contributed by atoms with Gasteiger partial charge >= 0.3 is 0 Å². The van der Waals surface area contributed by atoms with E-state index in [9.17, 15) is 0 Å². The van der Waals surface area contributed by atoms with Crippen molar-refractivity contribution in [1.29, 1.82) is 0 Å². The SMILES string of the molecule is CCCCCCC(C)(N=NCCCC)OO. The molecule has 0 aromatic carbocycles. The van der Waals surface area contributed by atoms with Gasteiger partial charge in [-0.1, -0.05) is 39.5 Å². The molecule has 0 fully saturated rings. The molecule has 16 heavy (non-hydrogen) atoms. The van der Waals surface area contributed by atoms with E-state index in [1.807, 2.05) is 0 Å². The van der Waals surface area contributed by atoms with Gasteiger partial charge in [-0.2, -0.15) is 10.2 Å². The minimum absolute atomic E-state index is 0.713. The Kier molecular flexibility index (Phi) is 9.43. The Bertz CT molecular complexity index is 186. The van der Waals surface area contributed by atoms with E-state index in [0.717, 1.165) is 32.1 Å². The third kappa shape index (κ3) is 7.77. The van der Waals surface area contributed by atoms with Crippen LogP contribution in [-0.2, 0) is 4.89 Å². The van der Waals surface area contributed by atoms with Crippen molar-refractivity contribution in [2.45, 2.75) is 71.4 Å². The van der Waals surface area contributed by atoms with Crippen LogP contribution in [0.1, 0.15) is 65.7 Å². The summed E-state index contributed by atoms with van der Waals surface area (Å²) in [5.41, 5.74) is -0.846. The fourth-order valence-electron chi connectivity index (χ4n) is 1.42. The normalized spacial score (nSPS) is 15.5. The van der Waals surface area contributed by atoms with E-state index in [0.29, 0.717) is 6.54 Å². The second-order valence-corrected chi connectivity index (χ2v) is 4.40. The monoisotopic (exact) mass is 230 g/mol. The summed E-state index contributed by atoms with van der Waals surface area (Å²) in [4.78, 5) is 4.44. The van der Waals surface area contributed by atoms with Crippen molar-refractivity contribution < 1.29 is 10.1 Å². The molecule has 4 heteroatoms. The van der Waals surface area contributed by atoms with E-state index < -0.39 is 5.72 Å². The quantitative estimate of drug-likeness (QED) is 0.261. The second-order valence-electron chi connectivity index (χ2n) is 4.40. The molecule has 0 aliphatic heterocycles. The minimum atomic E-state index is -0.846. The zero-order chi connectivity index (χ0) is 12.3. The Labute approximate surface area is 99.0 Å². The van der Waals surface area contributed by atoms with Crippen molar-refractivity contribution in [2.75, 3.05) is 6.54 Å². The van der Waals surface area contributed by atoms with E-state index in [4.69, 9.17) is 5.26 Å². The van der Waals surface area contributed by atoms with E-state index in [1.165, 1.54) is 12.8 Å². The zero-order valence-electron chi connectivity index (χ0n) is 10.9. The lowest BCUT2D eigenvalue weighted by Gasteiger charge is -2.19. The van der Waals surface area contributed by atoms with Crippen molar-refractivity contribution in [3.05, 3.63) is 0 Å². The standard InChI is InChI=1S/C12H26N2O2/c1-4-6-8-9-10-12(3,16-15)14-13-11-7-5-2/h15H,4-11H2,1-3H3. The smallest absolute Gasteiger partial charge is 0.209 e. The molecule has 0 aliphatic carbocycles. The molecule has 1 N–H and O–H groups in total. The van der Waals surface area contributed by atoms with Crippen molar-refractivity contribution in [2.24, 2.45) is 10.2 Å². The maximum atomic E-state index is 8.84. The van der Waals surface area contributed by atoms with Crippen LogP contribution in [0.3, 0.4) is 0 Å². The highest BCUT2D eigenvalue weighted by Gasteiger charge is 2.24. The van der Waals surface area contributed by atoms with Gasteiger partial charge in [-0.15, -0.1) is 0 Å². The van der Waals surface area contributed by atoms with E-state index in [-0.39, 0.29) is 0 Å². The molecular formula is C12H26N2O2. The highest BCUT2D eigenvalue weighted by Crippen LogP contribution is 2.20. The minimum Gasteiger partial charge on any atom is -0.249 e. The zero-order valence-corrected chi connectivity index (χ0v) is 10.9. The summed E-state index contributed by atoms with van der Waals surface area (Å²) in [6, 6.07) is 0. The van der Waals surface area contributed by atoms with Crippen LogP contribution >= 0.6 is 0 Å². The Balaban J connectivity index is 3.85. The first-order chi connectivity index (χ1) is 7.68. The molecule has 1 atom stereocenters. The van der Waals surface area contributed by atoms with Crippen molar-refractivity contribution in [3.8, 4) is 0 Å². The van der Waals surface area contributed by atoms with Crippen LogP contribution in [0, 0.1) is 0 Å². The van der Waals surface area contributed by atoms with Crippen LogP contribution in [0.25, 0.3) is 0 Å². The fraction of sp³-hybridized carbons (Fsp3) is 1.00. The third-order valence-electron chi connectivity index (χ3n) is 2.58. The third-order valence-corrected chi connectivity index (χ3v) is 2.58.